The van der Waals surface area contributed by atoms with Crippen LogP contribution < -0.4 is 15.1 Å². The Morgan fingerprint density at radius 2 is 1.72 bits per heavy atom. The summed E-state index contributed by atoms with van der Waals surface area (Å²) < 4.78 is 1.19. The molecule has 5 nitrogen and oxygen atoms in total. The van der Waals surface area contributed by atoms with E-state index in [0.717, 1.165) is 40.6 Å². The quantitative estimate of drug-likeness (QED) is 0.586. The molecule has 29 heavy (non-hydrogen) atoms. The molecule has 0 atom stereocenters. The Bertz CT molecular complexity index is 984. The summed E-state index contributed by atoms with van der Waals surface area (Å²) in [5, 5.41) is 3.91. The number of hydrogen-bond acceptors (Lipinski definition) is 5. The third kappa shape index (κ3) is 4.53. The van der Waals surface area contributed by atoms with E-state index in [0.29, 0.717) is 0 Å². The molecule has 3 aromatic rings. The minimum Gasteiger partial charge on any atom is -0.372 e. The summed E-state index contributed by atoms with van der Waals surface area (Å²) in [6.45, 7) is 12.7. The number of carbonyl (C=O) groups is 1. The molecule has 154 valence electrons. The number of amides is 1. The fraction of sp³-hybridized carbons (Fsp3) is 0.391. The van der Waals surface area contributed by atoms with Gasteiger partial charge in [-0.25, -0.2) is 4.98 Å². The highest BCUT2D eigenvalue weighted by Crippen LogP contribution is 2.32. The Kier molecular flexibility index (Phi) is 6.42. The summed E-state index contributed by atoms with van der Waals surface area (Å²) >= 11 is 1.64. The van der Waals surface area contributed by atoms with Crippen LogP contribution in [0.3, 0.4) is 0 Å². The first kappa shape index (κ1) is 21.1. The van der Waals surface area contributed by atoms with E-state index < -0.39 is 0 Å². The van der Waals surface area contributed by atoms with Crippen molar-refractivity contribution in [2.75, 3.05) is 41.8 Å². The van der Waals surface area contributed by atoms with Crippen molar-refractivity contribution in [3.8, 4) is 0 Å². The molecule has 2 aromatic carbocycles. The first-order chi connectivity index (χ1) is 13.8. The van der Waals surface area contributed by atoms with E-state index in [2.05, 4.69) is 62.2 Å². The van der Waals surface area contributed by atoms with Crippen LogP contribution >= 0.6 is 11.3 Å². The van der Waals surface area contributed by atoms with Gasteiger partial charge in [-0.3, -0.25) is 4.79 Å². The number of benzene rings is 2. The molecule has 0 unspecified atom stereocenters. The molecule has 1 amide bonds. The largest absolute Gasteiger partial charge is 0.372 e. The van der Waals surface area contributed by atoms with Crippen molar-refractivity contribution in [1.29, 1.82) is 0 Å². The van der Waals surface area contributed by atoms with Crippen LogP contribution in [0.15, 0.2) is 30.3 Å². The van der Waals surface area contributed by atoms with Gasteiger partial charge in [0.15, 0.2) is 5.13 Å². The third-order valence-electron chi connectivity index (χ3n) is 5.25. The first-order valence-corrected chi connectivity index (χ1v) is 10.9. The number of aryl methyl sites for hydroxylation is 3. The van der Waals surface area contributed by atoms with Crippen molar-refractivity contribution in [1.82, 2.24) is 4.98 Å². The average Bonchev–Trinajstić information content (AvgIpc) is 3.15. The molecule has 0 aliphatic rings. The van der Waals surface area contributed by atoms with Crippen molar-refractivity contribution in [3.63, 3.8) is 0 Å². The fourth-order valence-electron chi connectivity index (χ4n) is 3.46. The number of aromatic nitrogens is 1. The topological polar surface area (TPSA) is 48.5 Å². The summed E-state index contributed by atoms with van der Waals surface area (Å²) in [6.07, 6.45) is 0. The second kappa shape index (κ2) is 8.82. The number of nitrogens with one attached hydrogen (secondary N) is 1. The zero-order valence-corrected chi connectivity index (χ0v) is 19.0. The number of thiazole rings is 1. The predicted octanol–water partition coefficient (Wildman–Crippen LogP) is 5.14. The summed E-state index contributed by atoms with van der Waals surface area (Å²) in [7, 11) is 1.91. The number of likely N-dealkylation sites (N-methyl/N-ethyl adjacent to an activating group) is 1. The lowest BCUT2D eigenvalue weighted by Gasteiger charge is -2.22. The molecule has 3 rings (SSSR count). The van der Waals surface area contributed by atoms with Crippen LogP contribution in [0.25, 0.3) is 10.2 Å². The van der Waals surface area contributed by atoms with Crippen LogP contribution in [0, 0.1) is 20.8 Å². The van der Waals surface area contributed by atoms with E-state index in [1.54, 1.807) is 11.3 Å². The van der Waals surface area contributed by atoms with Gasteiger partial charge in [-0.1, -0.05) is 23.5 Å². The molecule has 0 bridgehead atoms. The second-order valence-corrected chi connectivity index (χ2v) is 8.43. The average molecular weight is 411 g/mol. The van der Waals surface area contributed by atoms with E-state index in [1.807, 2.05) is 24.9 Å². The van der Waals surface area contributed by atoms with E-state index in [-0.39, 0.29) is 12.5 Å². The minimum atomic E-state index is -0.0427. The SMILES string of the molecule is CCN(CC)c1ccc(NC(=O)CN(C)c2nc3c(C)ccc(C)c3s2)c(C)c1. The minimum absolute atomic E-state index is 0.0427. The van der Waals surface area contributed by atoms with Crippen LogP contribution in [0.4, 0.5) is 16.5 Å². The summed E-state index contributed by atoms with van der Waals surface area (Å²) in [5.41, 5.74) is 6.51. The maximum absolute atomic E-state index is 12.6. The van der Waals surface area contributed by atoms with Gasteiger partial charge >= 0.3 is 0 Å². The van der Waals surface area contributed by atoms with E-state index >= 15 is 0 Å². The Morgan fingerprint density at radius 1 is 1.03 bits per heavy atom. The number of rotatable bonds is 7. The molecule has 0 fully saturated rings. The van der Waals surface area contributed by atoms with Gasteiger partial charge in [-0.05, 0) is 69.5 Å². The molecule has 0 aliphatic carbocycles. The van der Waals surface area contributed by atoms with Crippen LogP contribution in [-0.2, 0) is 4.79 Å². The highest BCUT2D eigenvalue weighted by molar-refractivity contribution is 7.22. The van der Waals surface area contributed by atoms with E-state index in [4.69, 9.17) is 4.98 Å². The molecule has 0 saturated carbocycles. The Labute approximate surface area is 177 Å². The highest BCUT2D eigenvalue weighted by atomic mass is 32.1. The number of anilines is 3. The van der Waals surface area contributed by atoms with Crippen molar-refractivity contribution in [2.24, 2.45) is 0 Å². The molecule has 6 heteroatoms. The van der Waals surface area contributed by atoms with E-state index in [1.165, 1.54) is 16.0 Å². The molecule has 1 aromatic heterocycles. The number of nitrogens with zero attached hydrogens (tertiary/aromatic N) is 3. The Morgan fingerprint density at radius 3 is 2.34 bits per heavy atom. The summed E-state index contributed by atoms with van der Waals surface area (Å²) in [4.78, 5) is 21.6. The van der Waals surface area contributed by atoms with Gasteiger partial charge in [-0.2, -0.15) is 0 Å². The molecule has 0 saturated heterocycles. The number of hydrogen-bond donors (Lipinski definition) is 1. The summed E-state index contributed by atoms with van der Waals surface area (Å²) in [6, 6.07) is 10.4. The zero-order chi connectivity index (χ0) is 21.1. The van der Waals surface area contributed by atoms with Crippen LogP contribution in [0.1, 0.15) is 30.5 Å². The van der Waals surface area contributed by atoms with Gasteiger partial charge in [0.25, 0.3) is 0 Å². The first-order valence-electron chi connectivity index (χ1n) is 10.1. The molecule has 0 spiro atoms. The molecular formula is C23H30N4OS. The molecule has 1 heterocycles. The maximum atomic E-state index is 12.6. The lowest BCUT2D eigenvalue weighted by molar-refractivity contribution is -0.114. The van der Waals surface area contributed by atoms with E-state index in [9.17, 15) is 4.79 Å². The van der Waals surface area contributed by atoms with Gasteiger partial charge in [-0.15, -0.1) is 0 Å². The van der Waals surface area contributed by atoms with Gasteiger partial charge in [0, 0.05) is 31.5 Å². The number of carbonyl (C=O) groups excluding carboxylic acids is 1. The second-order valence-electron chi connectivity index (χ2n) is 7.45. The normalized spacial score (nSPS) is 11.0. The Balaban J connectivity index is 1.71. The highest BCUT2D eigenvalue weighted by Gasteiger charge is 2.15. The van der Waals surface area contributed by atoms with Crippen LogP contribution in [-0.4, -0.2) is 37.6 Å². The Hall–Kier alpha value is -2.60. The maximum Gasteiger partial charge on any atom is 0.243 e. The summed E-state index contributed by atoms with van der Waals surface area (Å²) in [5.74, 6) is -0.0427. The number of fused-ring (bicyclic) bond motifs is 1. The molecule has 0 aliphatic heterocycles. The van der Waals surface area contributed by atoms with Gasteiger partial charge in [0.2, 0.25) is 5.91 Å². The predicted molar refractivity (Wildman–Crippen MR) is 126 cm³/mol. The van der Waals surface area contributed by atoms with Crippen molar-refractivity contribution < 1.29 is 4.79 Å². The van der Waals surface area contributed by atoms with Crippen LogP contribution in [0.5, 0.6) is 0 Å². The zero-order valence-electron chi connectivity index (χ0n) is 18.2. The van der Waals surface area contributed by atoms with Gasteiger partial charge < -0.3 is 15.1 Å². The lowest BCUT2D eigenvalue weighted by atomic mass is 10.1. The van der Waals surface area contributed by atoms with Gasteiger partial charge in [0.1, 0.15) is 0 Å². The fourth-order valence-corrected chi connectivity index (χ4v) is 4.53. The van der Waals surface area contributed by atoms with Crippen molar-refractivity contribution >= 4 is 44.0 Å². The lowest BCUT2D eigenvalue weighted by Crippen LogP contribution is -2.30. The third-order valence-corrected chi connectivity index (χ3v) is 6.56. The van der Waals surface area contributed by atoms with Crippen molar-refractivity contribution in [3.05, 3.63) is 47.0 Å². The molecular weight excluding hydrogens is 380 g/mol. The molecule has 0 radical (unpaired) electrons. The monoisotopic (exact) mass is 410 g/mol. The smallest absolute Gasteiger partial charge is 0.243 e. The van der Waals surface area contributed by atoms with Crippen LogP contribution in [0.2, 0.25) is 0 Å². The molecule has 1 N–H and O–H groups in total. The van der Waals surface area contributed by atoms with Crippen molar-refractivity contribution in [2.45, 2.75) is 34.6 Å². The van der Waals surface area contributed by atoms with Gasteiger partial charge in [0.05, 0.1) is 16.8 Å². The standard InChI is InChI=1S/C23H30N4OS/c1-7-27(8-2)18-11-12-19(17(5)13-18)24-20(28)14-26(6)23-25-21-15(3)9-10-16(4)22(21)29-23/h9-13H,7-8,14H2,1-6H3,(H,24,28).